The van der Waals surface area contributed by atoms with Crippen molar-refractivity contribution < 1.29 is 72.3 Å². The summed E-state index contributed by atoms with van der Waals surface area (Å²) in [6.45, 7) is 11.4. The van der Waals surface area contributed by atoms with E-state index in [1.807, 2.05) is 24.3 Å². The second kappa shape index (κ2) is 31.4. The molecular formula is C43H67N7O15. The SMILES string of the molecule is C#CCOCCOCCN(CCNC(=O)CCC(=O)NCC1O[C@H](OC(C)(C)C)C(O)[C@@H](O)[C@@H]1O)C(=O)CCOCCOCCOCCOCCOc1ccc(-c2nnc(C)nn2)cc1. The van der Waals surface area contributed by atoms with E-state index in [0.29, 0.717) is 76.9 Å². The van der Waals surface area contributed by atoms with Crippen LogP contribution in [0.2, 0.25) is 0 Å². The molecule has 1 saturated heterocycles. The molecule has 0 saturated carbocycles. The molecule has 1 aliphatic heterocycles. The molecule has 0 bridgehead atoms. The van der Waals surface area contributed by atoms with Gasteiger partial charge in [0, 0.05) is 44.6 Å². The Labute approximate surface area is 380 Å². The van der Waals surface area contributed by atoms with E-state index >= 15 is 0 Å². The Bertz CT molecular complexity index is 1680. The van der Waals surface area contributed by atoms with Crippen LogP contribution < -0.4 is 15.4 Å². The van der Waals surface area contributed by atoms with E-state index in [1.165, 1.54) is 0 Å². The lowest BCUT2D eigenvalue weighted by molar-refractivity contribution is -0.316. The van der Waals surface area contributed by atoms with Gasteiger partial charge in [-0.05, 0) is 52.0 Å². The first-order chi connectivity index (χ1) is 31.3. The molecular weight excluding hydrogens is 855 g/mol. The monoisotopic (exact) mass is 921 g/mol. The quantitative estimate of drug-likeness (QED) is 0.0433. The van der Waals surface area contributed by atoms with Gasteiger partial charge in [-0.1, -0.05) is 5.92 Å². The van der Waals surface area contributed by atoms with Crippen LogP contribution in [0.3, 0.4) is 0 Å². The van der Waals surface area contributed by atoms with Gasteiger partial charge in [-0.15, -0.1) is 26.8 Å². The van der Waals surface area contributed by atoms with Crippen molar-refractivity contribution in [1.82, 2.24) is 35.9 Å². The molecule has 5 atom stereocenters. The summed E-state index contributed by atoms with van der Waals surface area (Å²) in [6.07, 6.45) is -1.81. The van der Waals surface area contributed by atoms with E-state index < -0.39 is 48.1 Å². The Kier molecular flexibility index (Phi) is 26.5. The van der Waals surface area contributed by atoms with E-state index in [0.717, 1.165) is 5.56 Å². The predicted octanol–water partition coefficient (Wildman–Crippen LogP) is -0.792. The number of rotatable bonds is 33. The van der Waals surface area contributed by atoms with Gasteiger partial charge in [0.25, 0.3) is 0 Å². The summed E-state index contributed by atoms with van der Waals surface area (Å²) in [5, 5.41) is 52.0. The lowest BCUT2D eigenvalue weighted by atomic mass is 9.98. The van der Waals surface area contributed by atoms with E-state index in [9.17, 15) is 29.7 Å². The van der Waals surface area contributed by atoms with Crippen LogP contribution >= 0.6 is 0 Å². The maximum Gasteiger partial charge on any atom is 0.225 e. The number of carbonyl (C=O) groups is 3. The molecule has 3 amide bonds. The largest absolute Gasteiger partial charge is 0.491 e. The fraction of sp³-hybridized carbons (Fsp3) is 0.698. The standard InChI is InChI=1S/C43H67N7O15/c1-6-17-57-20-22-59-19-16-50(15-14-44-35(51)11-12-36(52)45-30-34-38(54)39(55)40(56)42(64-34)65-43(3,4)5)37(53)13-18-58-21-23-60-24-25-61-26-27-62-28-29-63-33-9-7-32(8-10-33)41-48-46-31(2)47-49-41/h1,7-10,34,38-40,42,54-56H,11-30H2,2-5H3,(H,44,51)(H,45,52)/t34?,38-,39+,40?,42-/m1/s1. The Morgan fingerprint density at radius 3 is 1.86 bits per heavy atom. The summed E-state index contributed by atoms with van der Waals surface area (Å²) in [5.41, 5.74) is 0.0773. The van der Waals surface area contributed by atoms with Crippen LogP contribution in [0.5, 0.6) is 5.75 Å². The van der Waals surface area contributed by atoms with Crippen LogP contribution in [0.15, 0.2) is 24.3 Å². The first kappa shape index (κ1) is 54.8. The molecule has 0 aliphatic carbocycles. The number of carbonyl (C=O) groups excluding carboxylic acids is 3. The predicted molar refractivity (Wildman–Crippen MR) is 231 cm³/mol. The minimum absolute atomic E-state index is 0.0948. The molecule has 1 aromatic carbocycles. The van der Waals surface area contributed by atoms with Crippen molar-refractivity contribution in [3.8, 4) is 29.5 Å². The molecule has 5 N–H and O–H groups in total. The Morgan fingerprint density at radius 2 is 1.26 bits per heavy atom. The molecule has 1 aliphatic rings. The van der Waals surface area contributed by atoms with Crippen molar-refractivity contribution in [3.63, 3.8) is 0 Å². The second-order valence-corrected chi connectivity index (χ2v) is 15.5. The number of terminal acetylenes is 1. The van der Waals surface area contributed by atoms with E-state index in [2.05, 4.69) is 36.9 Å². The summed E-state index contributed by atoms with van der Waals surface area (Å²) < 4.78 is 50.0. The lowest BCUT2D eigenvalue weighted by Gasteiger charge is -2.42. The van der Waals surface area contributed by atoms with Crippen molar-refractivity contribution in [1.29, 1.82) is 0 Å². The van der Waals surface area contributed by atoms with Crippen LogP contribution in [0, 0.1) is 19.3 Å². The van der Waals surface area contributed by atoms with Crippen molar-refractivity contribution >= 4 is 17.7 Å². The molecule has 3 rings (SSSR count). The highest BCUT2D eigenvalue weighted by Crippen LogP contribution is 2.25. The summed E-state index contributed by atoms with van der Waals surface area (Å²) in [6, 6.07) is 7.31. The normalized spacial score (nSPS) is 18.5. The van der Waals surface area contributed by atoms with Crippen molar-refractivity contribution in [2.45, 2.75) is 83.3 Å². The van der Waals surface area contributed by atoms with Gasteiger partial charge in [0.15, 0.2) is 12.1 Å². The van der Waals surface area contributed by atoms with Gasteiger partial charge >= 0.3 is 0 Å². The van der Waals surface area contributed by atoms with Crippen molar-refractivity contribution in [2.24, 2.45) is 0 Å². The number of nitrogens with one attached hydrogen (secondary N) is 2. The number of aliphatic hydroxyl groups excluding tert-OH is 3. The minimum Gasteiger partial charge on any atom is -0.491 e. The highest BCUT2D eigenvalue weighted by molar-refractivity contribution is 5.83. The Morgan fingerprint density at radius 1 is 0.708 bits per heavy atom. The van der Waals surface area contributed by atoms with Crippen LogP contribution in [0.1, 0.15) is 45.9 Å². The second-order valence-electron chi connectivity index (χ2n) is 15.5. The number of aryl methyl sites for hydroxylation is 1. The van der Waals surface area contributed by atoms with Crippen molar-refractivity contribution in [3.05, 3.63) is 30.1 Å². The van der Waals surface area contributed by atoms with Gasteiger partial charge in [-0.2, -0.15) is 0 Å². The number of aromatic nitrogens is 4. The first-order valence-corrected chi connectivity index (χ1v) is 21.6. The van der Waals surface area contributed by atoms with Crippen LogP contribution in [0.4, 0.5) is 0 Å². The fourth-order valence-corrected chi connectivity index (χ4v) is 5.76. The summed E-state index contributed by atoms with van der Waals surface area (Å²) in [7, 11) is 0. The summed E-state index contributed by atoms with van der Waals surface area (Å²) >= 11 is 0. The topological polar surface area (TPSA) is 274 Å². The van der Waals surface area contributed by atoms with E-state index in [-0.39, 0.29) is 77.8 Å². The molecule has 1 fully saturated rings. The summed E-state index contributed by atoms with van der Waals surface area (Å²) in [5.74, 6) is 2.91. The average Bonchev–Trinajstić information content (AvgIpc) is 3.28. The molecule has 2 heterocycles. The average molecular weight is 922 g/mol. The van der Waals surface area contributed by atoms with Crippen LogP contribution in [-0.2, 0) is 52.3 Å². The number of aliphatic hydroxyl groups is 3. The summed E-state index contributed by atoms with van der Waals surface area (Å²) in [4.78, 5) is 39.7. The third-order valence-electron chi connectivity index (χ3n) is 9.10. The van der Waals surface area contributed by atoms with Gasteiger partial charge in [0.05, 0.1) is 84.7 Å². The highest BCUT2D eigenvalue weighted by Gasteiger charge is 2.45. The zero-order valence-electron chi connectivity index (χ0n) is 37.9. The maximum absolute atomic E-state index is 13.1. The Balaban J connectivity index is 1.22. The number of hydrogen-bond donors (Lipinski definition) is 5. The van der Waals surface area contributed by atoms with Gasteiger partial charge < -0.3 is 73.5 Å². The zero-order valence-corrected chi connectivity index (χ0v) is 37.9. The lowest BCUT2D eigenvalue weighted by Crippen LogP contribution is -2.61. The third-order valence-corrected chi connectivity index (χ3v) is 9.10. The van der Waals surface area contributed by atoms with Crippen LogP contribution in [-0.4, -0.2) is 207 Å². The molecule has 0 spiro atoms. The van der Waals surface area contributed by atoms with Gasteiger partial charge in [0.2, 0.25) is 23.5 Å². The molecule has 65 heavy (non-hydrogen) atoms. The van der Waals surface area contributed by atoms with Crippen LogP contribution in [0.25, 0.3) is 11.4 Å². The zero-order chi connectivity index (χ0) is 47.3. The molecule has 364 valence electrons. The van der Waals surface area contributed by atoms with Gasteiger partial charge in [-0.3, -0.25) is 14.4 Å². The first-order valence-electron chi connectivity index (χ1n) is 21.6. The van der Waals surface area contributed by atoms with E-state index in [1.54, 1.807) is 32.6 Å². The van der Waals surface area contributed by atoms with Crippen molar-refractivity contribution in [2.75, 3.05) is 112 Å². The molecule has 1 aromatic heterocycles. The number of hydrogen-bond acceptors (Lipinski definition) is 19. The number of amides is 3. The maximum atomic E-state index is 13.1. The minimum atomic E-state index is -1.55. The molecule has 2 aromatic rings. The molecule has 2 unspecified atom stereocenters. The Hall–Kier alpha value is -4.51. The molecule has 22 nitrogen and oxygen atoms in total. The smallest absolute Gasteiger partial charge is 0.225 e. The van der Waals surface area contributed by atoms with Gasteiger partial charge in [0.1, 0.15) is 43.4 Å². The molecule has 0 radical (unpaired) electrons. The number of ether oxygens (including phenoxy) is 9. The number of nitrogens with zero attached hydrogens (tertiary/aromatic N) is 5. The fourth-order valence-electron chi connectivity index (χ4n) is 5.76. The highest BCUT2D eigenvalue weighted by atomic mass is 16.7. The molecule has 22 heteroatoms. The number of benzene rings is 1. The third kappa shape index (κ3) is 23.5. The van der Waals surface area contributed by atoms with Gasteiger partial charge in [-0.25, -0.2) is 0 Å². The van der Waals surface area contributed by atoms with E-state index in [4.69, 9.17) is 49.1 Å².